The number of benzene rings is 1. The van der Waals surface area contributed by atoms with Crippen molar-refractivity contribution >= 4 is 17.6 Å². The molecule has 1 saturated carbocycles. The molecule has 1 fully saturated rings. The van der Waals surface area contributed by atoms with Gasteiger partial charge < -0.3 is 10.4 Å². The van der Waals surface area contributed by atoms with Gasteiger partial charge in [-0.1, -0.05) is 12.1 Å². The molecule has 1 aromatic rings. The summed E-state index contributed by atoms with van der Waals surface area (Å²) in [5, 5.41) is 22.4. The summed E-state index contributed by atoms with van der Waals surface area (Å²) in [5.74, 6) is -1.85. The van der Waals surface area contributed by atoms with Gasteiger partial charge in [-0.2, -0.15) is 0 Å². The Labute approximate surface area is 114 Å². The van der Waals surface area contributed by atoms with E-state index in [1.54, 1.807) is 19.1 Å². The number of amides is 1. The van der Waals surface area contributed by atoms with Crippen LogP contribution in [0.4, 0.5) is 5.69 Å². The Kier molecular flexibility index (Phi) is 3.69. The maximum Gasteiger partial charge on any atom is 0.306 e. The number of rotatable bonds is 4. The first kappa shape index (κ1) is 14.0. The lowest BCUT2D eigenvalue weighted by atomic mass is 9.80. The van der Waals surface area contributed by atoms with E-state index in [4.69, 9.17) is 5.11 Å². The van der Waals surface area contributed by atoms with Gasteiger partial charge in [0.1, 0.15) is 5.56 Å². The van der Waals surface area contributed by atoms with Crippen molar-refractivity contribution in [3.05, 3.63) is 39.4 Å². The molecule has 1 aliphatic carbocycles. The normalized spacial score (nSPS) is 20.9. The van der Waals surface area contributed by atoms with Gasteiger partial charge in [0.2, 0.25) is 0 Å². The molecule has 0 bridgehead atoms. The molecule has 0 unspecified atom stereocenters. The lowest BCUT2D eigenvalue weighted by molar-refractivity contribution is -0.385. The highest BCUT2D eigenvalue weighted by Crippen LogP contribution is 2.29. The van der Waals surface area contributed by atoms with Gasteiger partial charge in [-0.3, -0.25) is 19.7 Å². The van der Waals surface area contributed by atoms with Gasteiger partial charge in [0.15, 0.2) is 0 Å². The topological polar surface area (TPSA) is 110 Å². The second kappa shape index (κ2) is 5.28. The smallest absolute Gasteiger partial charge is 0.306 e. The van der Waals surface area contributed by atoms with Crippen LogP contribution in [-0.4, -0.2) is 27.9 Å². The molecular weight excluding hydrogens is 264 g/mol. The van der Waals surface area contributed by atoms with Crippen LogP contribution < -0.4 is 5.32 Å². The summed E-state index contributed by atoms with van der Waals surface area (Å²) in [6.45, 7) is 1.57. The van der Waals surface area contributed by atoms with Crippen LogP contribution in [0, 0.1) is 23.0 Å². The molecule has 106 valence electrons. The van der Waals surface area contributed by atoms with E-state index >= 15 is 0 Å². The largest absolute Gasteiger partial charge is 0.481 e. The Hall–Kier alpha value is -2.44. The molecule has 7 heteroatoms. The summed E-state index contributed by atoms with van der Waals surface area (Å²) in [4.78, 5) is 33.1. The highest BCUT2D eigenvalue weighted by molar-refractivity contribution is 5.99. The molecule has 0 heterocycles. The zero-order valence-electron chi connectivity index (χ0n) is 10.8. The van der Waals surface area contributed by atoms with Crippen LogP contribution in [0.5, 0.6) is 0 Å². The minimum atomic E-state index is -0.878. The molecule has 0 radical (unpaired) electrons. The fourth-order valence-corrected chi connectivity index (χ4v) is 2.29. The van der Waals surface area contributed by atoms with Gasteiger partial charge in [0, 0.05) is 11.6 Å². The van der Waals surface area contributed by atoms with E-state index in [2.05, 4.69) is 5.32 Å². The predicted molar refractivity (Wildman–Crippen MR) is 69.4 cm³/mol. The third-order valence-corrected chi connectivity index (χ3v) is 3.49. The SMILES string of the molecule is Cc1cccc(C(=O)NC2CC(C(=O)O)C2)c1[N+](=O)[O-]. The molecule has 0 aromatic heterocycles. The summed E-state index contributed by atoms with van der Waals surface area (Å²) in [6.07, 6.45) is 0.724. The van der Waals surface area contributed by atoms with Crippen molar-refractivity contribution in [1.29, 1.82) is 0 Å². The maximum absolute atomic E-state index is 12.0. The van der Waals surface area contributed by atoms with Crippen molar-refractivity contribution in [3.8, 4) is 0 Å². The Morgan fingerprint density at radius 1 is 1.40 bits per heavy atom. The summed E-state index contributed by atoms with van der Waals surface area (Å²) < 4.78 is 0. The number of nitro groups is 1. The molecule has 7 nitrogen and oxygen atoms in total. The average molecular weight is 278 g/mol. The molecule has 1 aliphatic rings. The number of nitrogens with one attached hydrogen (secondary N) is 1. The van der Waals surface area contributed by atoms with E-state index in [1.165, 1.54) is 6.07 Å². The van der Waals surface area contributed by atoms with Gasteiger partial charge in [-0.05, 0) is 25.8 Å². The van der Waals surface area contributed by atoms with Crippen LogP contribution in [0.25, 0.3) is 0 Å². The van der Waals surface area contributed by atoms with Gasteiger partial charge in [-0.25, -0.2) is 0 Å². The molecule has 20 heavy (non-hydrogen) atoms. The first-order valence-corrected chi connectivity index (χ1v) is 6.17. The number of aryl methyl sites for hydroxylation is 1. The predicted octanol–water partition coefficient (Wildman–Crippen LogP) is 1.50. The number of carbonyl (C=O) groups excluding carboxylic acids is 1. The Bertz CT molecular complexity index is 578. The van der Waals surface area contributed by atoms with Crippen LogP contribution in [0.15, 0.2) is 18.2 Å². The van der Waals surface area contributed by atoms with Crippen LogP contribution in [-0.2, 0) is 4.79 Å². The van der Waals surface area contributed by atoms with Gasteiger partial charge in [-0.15, -0.1) is 0 Å². The summed E-state index contributed by atoms with van der Waals surface area (Å²) in [6, 6.07) is 4.31. The molecule has 2 N–H and O–H groups in total. The van der Waals surface area contributed by atoms with Crippen LogP contribution >= 0.6 is 0 Å². The van der Waals surface area contributed by atoms with Crippen molar-refractivity contribution in [2.45, 2.75) is 25.8 Å². The fraction of sp³-hybridized carbons (Fsp3) is 0.385. The highest BCUT2D eigenvalue weighted by Gasteiger charge is 2.36. The number of carboxylic acid groups (broad SMARTS) is 1. The summed E-state index contributed by atoms with van der Waals surface area (Å²) in [7, 11) is 0. The third kappa shape index (κ3) is 2.61. The van der Waals surface area contributed by atoms with Crippen LogP contribution in [0.3, 0.4) is 0 Å². The molecule has 0 saturated heterocycles. The molecule has 1 aromatic carbocycles. The van der Waals surface area contributed by atoms with Crippen molar-refractivity contribution < 1.29 is 19.6 Å². The van der Waals surface area contributed by atoms with E-state index in [0.717, 1.165) is 0 Å². The molecule has 1 amide bonds. The zero-order valence-corrected chi connectivity index (χ0v) is 10.8. The lowest BCUT2D eigenvalue weighted by Gasteiger charge is -2.32. The van der Waals surface area contributed by atoms with E-state index < -0.39 is 22.7 Å². The van der Waals surface area contributed by atoms with E-state index in [9.17, 15) is 19.7 Å². The Balaban J connectivity index is 2.09. The Morgan fingerprint density at radius 3 is 2.60 bits per heavy atom. The lowest BCUT2D eigenvalue weighted by Crippen LogP contribution is -2.46. The van der Waals surface area contributed by atoms with Crippen molar-refractivity contribution in [2.75, 3.05) is 0 Å². The van der Waals surface area contributed by atoms with E-state index in [-0.39, 0.29) is 17.3 Å². The average Bonchev–Trinajstić information content (AvgIpc) is 2.31. The van der Waals surface area contributed by atoms with Crippen molar-refractivity contribution in [3.63, 3.8) is 0 Å². The minimum absolute atomic E-state index is 0.00813. The van der Waals surface area contributed by atoms with Gasteiger partial charge in [0.05, 0.1) is 10.8 Å². The number of hydrogen-bond acceptors (Lipinski definition) is 4. The number of aliphatic carboxylic acids is 1. The third-order valence-electron chi connectivity index (χ3n) is 3.49. The van der Waals surface area contributed by atoms with E-state index in [0.29, 0.717) is 18.4 Å². The van der Waals surface area contributed by atoms with Crippen LogP contribution in [0.2, 0.25) is 0 Å². The van der Waals surface area contributed by atoms with E-state index in [1.807, 2.05) is 0 Å². The fourth-order valence-electron chi connectivity index (χ4n) is 2.29. The second-order valence-corrected chi connectivity index (χ2v) is 4.91. The first-order valence-electron chi connectivity index (χ1n) is 6.17. The molecular formula is C13H14N2O5. The summed E-state index contributed by atoms with van der Waals surface area (Å²) >= 11 is 0. The Morgan fingerprint density at radius 2 is 2.05 bits per heavy atom. The summed E-state index contributed by atoms with van der Waals surface area (Å²) in [5.41, 5.74) is 0.215. The first-order chi connectivity index (χ1) is 9.40. The van der Waals surface area contributed by atoms with Crippen molar-refractivity contribution in [2.24, 2.45) is 5.92 Å². The molecule has 0 atom stereocenters. The number of carbonyl (C=O) groups is 2. The number of para-hydroxylation sites is 1. The minimum Gasteiger partial charge on any atom is -0.481 e. The highest BCUT2D eigenvalue weighted by atomic mass is 16.6. The number of hydrogen-bond donors (Lipinski definition) is 2. The van der Waals surface area contributed by atoms with Crippen molar-refractivity contribution in [1.82, 2.24) is 5.32 Å². The maximum atomic E-state index is 12.0. The standard InChI is InChI=1S/C13H14N2O5/c1-7-3-2-4-10(11(7)15(19)20)12(16)14-9-5-8(6-9)13(17)18/h2-4,8-9H,5-6H2,1H3,(H,14,16)(H,17,18). The number of carboxylic acids is 1. The molecule has 0 aliphatic heterocycles. The number of nitrogens with zero attached hydrogens (tertiary/aromatic N) is 1. The second-order valence-electron chi connectivity index (χ2n) is 4.91. The quantitative estimate of drug-likeness (QED) is 0.640. The molecule has 2 rings (SSSR count). The van der Waals surface area contributed by atoms with Gasteiger partial charge in [0.25, 0.3) is 11.6 Å². The number of nitro benzene ring substituents is 1. The van der Waals surface area contributed by atoms with Gasteiger partial charge >= 0.3 is 5.97 Å². The van der Waals surface area contributed by atoms with Crippen LogP contribution in [0.1, 0.15) is 28.8 Å². The zero-order chi connectivity index (χ0) is 14.9. The monoisotopic (exact) mass is 278 g/mol. The molecule has 0 spiro atoms.